The summed E-state index contributed by atoms with van der Waals surface area (Å²) in [4.78, 5) is 22.4. The lowest BCUT2D eigenvalue weighted by atomic mass is 10.2. The number of nitrogens with two attached hydrogens (primary N) is 1. The van der Waals surface area contributed by atoms with E-state index < -0.39 is 4.92 Å². The van der Waals surface area contributed by atoms with Gasteiger partial charge in [-0.15, -0.1) is 0 Å². The minimum atomic E-state index is -0.546. The Morgan fingerprint density at radius 3 is 2.38 bits per heavy atom. The predicted molar refractivity (Wildman–Crippen MR) is 94.0 cm³/mol. The molecule has 24 heavy (non-hydrogen) atoms. The first kappa shape index (κ1) is 16.5. The van der Waals surface area contributed by atoms with Gasteiger partial charge in [-0.25, -0.2) is 9.97 Å². The van der Waals surface area contributed by atoms with E-state index in [1.54, 1.807) is 6.07 Å². The zero-order valence-corrected chi connectivity index (χ0v) is 14.0. The van der Waals surface area contributed by atoms with Crippen LogP contribution in [0.4, 0.5) is 23.0 Å². The molecule has 0 amide bonds. The second-order valence-corrected chi connectivity index (χ2v) is 6.08. The first-order chi connectivity index (χ1) is 11.5. The Balaban J connectivity index is 1.77. The number of benzene rings is 1. The van der Waals surface area contributed by atoms with Crippen LogP contribution in [0.25, 0.3) is 0 Å². The van der Waals surface area contributed by atoms with Gasteiger partial charge in [0.1, 0.15) is 6.33 Å². The molecular weight excluding hydrogens is 355 g/mol. The third kappa shape index (κ3) is 3.15. The number of halogens is 2. The van der Waals surface area contributed by atoms with Gasteiger partial charge in [0.2, 0.25) is 11.6 Å². The maximum atomic E-state index is 11.2. The lowest BCUT2D eigenvalue weighted by Crippen LogP contribution is -2.47. The Hall–Kier alpha value is -2.32. The number of nitrogen functional groups attached to an aromatic ring is 1. The molecule has 8 nitrogen and oxygen atoms in total. The Kier molecular flexibility index (Phi) is 4.59. The van der Waals surface area contributed by atoms with Crippen molar-refractivity contribution in [2.24, 2.45) is 0 Å². The van der Waals surface area contributed by atoms with Crippen LogP contribution in [0.5, 0.6) is 0 Å². The summed E-state index contributed by atoms with van der Waals surface area (Å²) in [7, 11) is 0. The largest absolute Gasteiger partial charge is 0.378 e. The van der Waals surface area contributed by atoms with Crippen molar-refractivity contribution >= 4 is 46.2 Å². The summed E-state index contributed by atoms with van der Waals surface area (Å²) in [6, 6.07) is 5.46. The van der Waals surface area contributed by atoms with Crippen molar-refractivity contribution in [3.8, 4) is 0 Å². The van der Waals surface area contributed by atoms with E-state index >= 15 is 0 Å². The molecule has 2 aromatic rings. The van der Waals surface area contributed by atoms with E-state index in [1.807, 2.05) is 17.0 Å². The van der Waals surface area contributed by atoms with Gasteiger partial charge in [-0.05, 0) is 18.2 Å². The van der Waals surface area contributed by atoms with Crippen molar-refractivity contribution in [2.75, 3.05) is 41.7 Å². The van der Waals surface area contributed by atoms with E-state index in [1.165, 1.54) is 6.33 Å². The monoisotopic (exact) mass is 368 g/mol. The molecule has 126 valence electrons. The van der Waals surface area contributed by atoms with Gasteiger partial charge in [-0.3, -0.25) is 10.1 Å². The van der Waals surface area contributed by atoms with E-state index in [2.05, 4.69) is 14.9 Å². The second kappa shape index (κ2) is 6.66. The standard InChI is InChI=1S/C14H14Cl2N6O2/c15-10-2-1-9(7-11(10)16)20-3-5-21(6-4-20)14-12(22(23)24)13(17)18-8-19-14/h1-2,7-8H,3-6H2,(H2,17,18,19). The maximum Gasteiger partial charge on any atom is 0.353 e. The third-order valence-corrected chi connectivity index (χ3v) is 4.60. The van der Waals surface area contributed by atoms with Crippen molar-refractivity contribution in [1.29, 1.82) is 0 Å². The van der Waals surface area contributed by atoms with Gasteiger partial charge < -0.3 is 15.5 Å². The number of hydrogen-bond donors (Lipinski definition) is 1. The summed E-state index contributed by atoms with van der Waals surface area (Å²) in [5, 5.41) is 12.2. The smallest absolute Gasteiger partial charge is 0.353 e. The molecular formula is C14H14Cl2N6O2. The number of anilines is 3. The molecule has 1 aromatic carbocycles. The highest BCUT2D eigenvalue weighted by molar-refractivity contribution is 6.42. The van der Waals surface area contributed by atoms with Crippen LogP contribution in [0.2, 0.25) is 10.0 Å². The van der Waals surface area contributed by atoms with Crippen LogP contribution in [0.15, 0.2) is 24.5 Å². The fourth-order valence-corrected chi connectivity index (χ4v) is 2.94. The van der Waals surface area contributed by atoms with Crippen LogP contribution < -0.4 is 15.5 Å². The molecule has 0 unspecified atom stereocenters. The molecule has 1 saturated heterocycles. The normalized spacial score (nSPS) is 14.8. The molecule has 3 rings (SSSR count). The zero-order chi connectivity index (χ0) is 17.3. The summed E-state index contributed by atoms with van der Waals surface area (Å²) in [5.74, 6) is 0.123. The van der Waals surface area contributed by atoms with Gasteiger partial charge in [-0.2, -0.15) is 0 Å². The topological polar surface area (TPSA) is 101 Å². The van der Waals surface area contributed by atoms with E-state index in [4.69, 9.17) is 28.9 Å². The van der Waals surface area contributed by atoms with Crippen LogP contribution >= 0.6 is 23.2 Å². The molecule has 2 heterocycles. The third-order valence-electron chi connectivity index (χ3n) is 3.86. The van der Waals surface area contributed by atoms with Crippen molar-refractivity contribution in [3.05, 3.63) is 44.7 Å². The molecule has 0 saturated carbocycles. The summed E-state index contributed by atoms with van der Waals surface area (Å²) >= 11 is 12.0. The van der Waals surface area contributed by atoms with Crippen molar-refractivity contribution in [2.45, 2.75) is 0 Å². The van der Waals surface area contributed by atoms with Crippen LogP contribution in [0.1, 0.15) is 0 Å². The van der Waals surface area contributed by atoms with Crippen LogP contribution in [-0.4, -0.2) is 41.1 Å². The molecule has 1 aliphatic rings. The Morgan fingerprint density at radius 2 is 1.75 bits per heavy atom. The quantitative estimate of drug-likeness (QED) is 0.655. The average molecular weight is 369 g/mol. The van der Waals surface area contributed by atoms with Gasteiger partial charge in [0.05, 0.1) is 15.0 Å². The highest BCUT2D eigenvalue weighted by Crippen LogP contribution is 2.32. The predicted octanol–water partition coefficient (Wildman–Crippen LogP) is 2.60. The molecule has 1 aromatic heterocycles. The Morgan fingerprint density at radius 1 is 1.08 bits per heavy atom. The molecule has 1 aliphatic heterocycles. The molecule has 0 atom stereocenters. The minimum absolute atomic E-state index is 0.128. The van der Waals surface area contributed by atoms with Gasteiger partial charge in [-0.1, -0.05) is 23.2 Å². The maximum absolute atomic E-state index is 11.2. The Labute approximate surface area is 148 Å². The number of hydrogen-bond acceptors (Lipinski definition) is 7. The summed E-state index contributed by atoms with van der Waals surface area (Å²) < 4.78 is 0. The van der Waals surface area contributed by atoms with E-state index in [-0.39, 0.29) is 17.3 Å². The van der Waals surface area contributed by atoms with Crippen LogP contribution in [0.3, 0.4) is 0 Å². The molecule has 2 N–H and O–H groups in total. The number of piperazine rings is 1. The Bertz CT molecular complexity index is 780. The fraction of sp³-hybridized carbons (Fsp3) is 0.286. The first-order valence-corrected chi connectivity index (χ1v) is 7.93. The zero-order valence-electron chi connectivity index (χ0n) is 12.5. The van der Waals surface area contributed by atoms with Gasteiger partial charge in [0.15, 0.2) is 0 Å². The second-order valence-electron chi connectivity index (χ2n) is 5.26. The molecule has 1 fully saturated rings. The highest BCUT2D eigenvalue weighted by Gasteiger charge is 2.28. The lowest BCUT2D eigenvalue weighted by molar-refractivity contribution is -0.383. The molecule has 0 bridgehead atoms. The number of rotatable bonds is 3. The highest BCUT2D eigenvalue weighted by atomic mass is 35.5. The fourth-order valence-electron chi connectivity index (χ4n) is 2.65. The van der Waals surface area contributed by atoms with Gasteiger partial charge in [0, 0.05) is 31.9 Å². The minimum Gasteiger partial charge on any atom is -0.378 e. The number of nitrogens with zero attached hydrogens (tertiary/aromatic N) is 5. The molecule has 0 spiro atoms. The van der Waals surface area contributed by atoms with E-state index in [9.17, 15) is 10.1 Å². The van der Waals surface area contributed by atoms with E-state index in [0.717, 1.165) is 5.69 Å². The SMILES string of the molecule is Nc1ncnc(N2CCN(c3ccc(Cl)c(Cl)c3)CC2)c1[N+](=O)[O-]. The molecule has 0 radical (unpaired) electrons. The van der Waals surface area contributed by atoms with Crippen molar-refractivity contribution in [1.82, 2.24) is 9.97 Å². The molecule has 10 heteroatoms. The van der Waals surface area contributed by atoms with Crippen molar-refractivity contribution in [3.63, 3.8) is 0 Å². The first-order valence-electron chi connectivity index (χ1n) is 7.17. The number of aromatic nitrogens is 2. The van der Waals surface area contributed by atoms with E-state index in [0.29, 0.717) is 36.2 Å². The summed E-state index contributed by atoms with van der Waals surface area (Å²) in [6.45, 7) is 2.47. The van der Waals surface area contributed by atoms with Crippen molar-refractivity contribution < 1.29 is 4.92 Å². The van der Waals surface area contributed by atoms with Crippen LogP contribution in [0, 0.1) is 10.1 Å². The summed E-state index contributed by atoms with van der Waals surface area (Å²) in [6.07, 6.45) is 1.24. The van der Waals surface area contributed by atoms with Crippen LogP contribution in [-0.2, 0) is 0 Å². The van der Waals surface area contributed by atoms with Gasteiger partial charge >= 0.3 is 5.69 Å². The lowest BCUT2D eigenvalue weighted by Gasteiger charge is -2.36. The number of nitro groups is 1. The van der Waals surface area contributed by atoms with Gasteiger partial charge in [0.25, 0.3) is 0 Å². The molecule has 0 aliphatic carbocycles. The summed E-state index contributed by atoms with van der Waals surface area (Å²) in [5.41, 5.74) is 6.33. The average Bonchev–Trinajstić information content (AvgIpc) is 2.57.